The van der Waals surface area contributed by atoms with E-state index in [-0.39, 0.29) is 11.7 Å². The van der Waals surface area contributed by atoms with Crippen LogP contribution in [0.1, 0.15) is 0 Å². The first-order valence-electron chi connectivity index (χ1n) is 8.41. The average molecular weight is 384 g/mol. The van der Waals surface area contributed by atoms with Crippen LogP contribution < -0.4 is 10.6 Å². The minimum Gasteiger partial charge on any atom is -0.383 e. The molecular weight excluding hydrogens is 364 g/mol. The first-order chi connectivity index (χ1) is 13.2. The van der Waals surface area contributed by atoms with Crippen LogP contribution in [-0.2, 0) is 9.53 Å². The van der Waals surface area contributed by atoms with Crippen molar-refractivity contribution in [2.24, 2.45) is 0 Å². The average Bonchev–Trinajstić information content (AvgIpc) is 3.05. The van der Waals surface area contributed by atoms with Crippen LogP contribution in [0.15, 0.2) is 59.8 Å². The number of para-hydroxylation sites is 3. The summed E-state index contributed by atoms with van der Waals surface area (Å²) in [5, 5.41) is 5.54. The van der Waals surface area contributed by atoms with Gasteiger partial charge in [0.2, 0.25) is 5.91 Å². The second kappa shape index (κ2) is 9.20. The van der Waals surface area contributed by atoms with Crippen molar-refractivity contribution in [3.63, 3.8) is 0 Å². The standard InChI is InChI=1S/C19H20N4O3S/c1-26-12-11-20-18(25)22-17(24)13-27-19-21-15-9-5-6-10-16(15)23(19)14-7-3-2-4-8-14/h2-10H,11-13H2,1H3,(H2,20,22,24,25). The summed E-state index contributed by atoms with van der Waals surface area (Å²) >= 11 is 1.28. The summed E-state index contributed by atoms with van der Waals surface area (Å²) in [6.45, 7) is 0.726. The second-order valence-corrected chi connectivity index (χ2v) is 6.58. The molecule has 0 radical (unpaired) electrons. The number of amides is 3. The van der Waals surface area contributed by atoms with Gasteiger partial charge in [-0.05, 0) is 24.3 Å². The topological polar surface area (TPSA) is 85.2 Å². The molecule has 7 nitrogen and oxygen atoms in total. The number of thioether (sulfide) groups is 1. The summed E-state index contributed by atoms with van der Waals surface area (Å²) < 4.78 is 6.85. The molecule has 0 saturated heterocycles. The lowest BCUT2D eigenvalue weighted by Gasteiger charge is -2.09. The van der Waals surface area contributed by atoms with E-state index in [4.69, 9.17) is 4.74 Å². The minimum atomic E-state index is -0.533. The van der Waals surface area contributed by atoms with Crippen LogP contribution in [0.3, 0.4) is 0 Å². The Bertz CT molecular complexity index is 927. The molecule has 0 aliphatic heterocycles. The monoisotopic (exact) mass is 384 g/mol. The molecule has 0 aliphatic carbocycles. The van der Waals surface area contributed by atoms with Crippen molar-refractivity contribution in [3.05, 3.63) is 54.6 Å². The summed E-state index contributed by atoms with van der Waals surface area (Å²) in [6.07, 6.45) is 0. The number of fused-ring (bicyclic) bond motifs is 1. The number of hydrogen-bond acceptors (Lipinski definition) is 5. The molecule has 140 valence electrons. The number of carbonyl (C=O) groups is 2. The predicted octanol–water partition coefficient (Wildman–Crippen LogP) is 2.59. The molecule has 0 unspecified atom stereocenters. The minimum absolute atomic E-state index is 0.0772. The van der Waals surface area contributed by atoms with E-state index in [9.17, 15) is 9.59 Å². The number of nitrogens with one attached hydrogen (secondary N) is 2. The molecule has 0 atom stereocenters. The van der Waals surface area contributed by atoms with Crippen LogP contribution in [0.5, 0.6) is 0 Å². The van der Waals surface area contributed by atoms with Gasteiger partial charge in [-0.1, -0.05) is 42.1 Å². The fourth-order valence-corrected chi connectivity index (χ4v) is 3.36. The van der Waals surface area contributed by atoms with Gasteiger partial charge in [-0.25, -0.2) is 9.78 Å². The molecule has 0 spiro atoms. The van der Waals surface area contributed by atoms with Gasteiger partial charge in [-0.2, -0.15) is 0 Å². The Balaban J connectivity index is 1.72. The van der Waals surface area contributed by atoms with Gasteiger partial charge in [0.15, 0.2) is 5.16 Å². The van der Waals surface area contributed by atoms with E-state index < -0.39 is 6.03 Å². The van der Waals surface area contributed by atoms with Gasteiger partial charge in [-0.15, -0.1) is 0 Å². The Morgan fingerprint density at radius 1 is 1.11 bits per heavy atom. The number of ether oxygens (including phenoxy) is 1. The van der Waals surface area contributed by atoms with E-state index >= 15 is 0 Å². The third-order valence-corrected chi connectivity index (χ3v) is 4.66. The third kappa shape index (κ3) is 4.87. The Morgan fingerprint density at radius 2 is 1.85 bits per heavy atom. The molecule has 2 N–H and O–H groups in total. The molecule has 1 heterocycles. The predicted molar refractivity (Wildman–Crippen MR) is 105 cm³/mol. The van der Waals surface area contributed by atoms with Gasteiger partial charge < -0.3 is 10.1 Å². The Labute approximate surface area is 161 Å². The Kier molecular flexibility index (Phi) is 6.45. The normalized spacial score (nSPS) is 10.7. The van der Waals surface area contributed by atoms with Crippen molar-refractivity contribution < 1.29 is 14.3 Å². The third-order valence-electron chi connectivity index (χ3n) is 3.72. The number of rotatable bonds is 7. The van der Waals surface area contributed by atoms with Crippen molar-refractivity contribution >= 4 is 34.7 Å². The lowest BCUT2D eigenvalue weighted by molar-refractivity contribution is -0.117. The van der Waals surface area contributed by atoms with Crippen LogP contribution in [0.2, 0.25) is 0 Å². The number of benzene rings is 2. The number of urea groups is 1. The Hall–Kier alpha value is -2.84. The van der Waals surface area contributed by atoms with Crippen LogP contribution in [0.25, 0.3) is 16.7 Å². The smallest absolute Gasteiger partial charge is 0.321 e. The van der Waals surface area contributed by atoms with Gasteiger partial charge >= 0.3 is 6.03 Å². The largest absolute Gasteiger partial charge is 0.383 e. The molecule has 27 heavy (non-hydrogen) atoms. The molecule has 0 aliphatic rings. The number of hydrogen-bond donors (Lipinski definition) is 2. The zero-order valence-corrected chi connectivity index (χ0v) is 15.7. The van der Waals surface area contributed by atoms with Crippen molar-refractivity contribution in [2.45, 2.75) is 5.16 Å². The van der Waals surface area contributed by atoms with Crippen molar-refractivity contribution in [1.29, 1.82) is 0 Å². The van der Waals surface area contributed by atoms with E-state index in [1.165, 1.54) is 11.8 Å². The Morgan fingerprint density at radius 3 is 2.63 bits per heavy atom. The van der Waals surface area contributed by atoms with Crippen LogP contribution >= 0.6 is 11.8 Å². The van der Waals surface area contributed by atoms with Crippen LogP contribution in [-0.4, -0.2) is 47.5 Å². The first-order valence-corrected chi connectivity index (χ1v) is 9.40. The van der Waals surface area contributed by atoms with Gasteiger partial charge in [0.1, 0.15) is 0 Å². The summed E-state index contributed by atoms with van der Waals surface area (Å²) in [5.74, 6) is -0.310. The lowest BCUT2D eigenvalue weighted by Crippen LogP contribution is -2.41. The van der Waals surface area contributed by atoms with Gasteiger partial charge in [0.25, 0.3) is 0 Å². The van der Waals surface area contributed by atoms with Crippen LogP contribution in [0, 0.1) is 0 Å². The lowest BCUT2D eigenvalue weighted by atomic mass is 10.3. The molecular formula is C19H20N4O3S. The second-order valence-electron chi connectivity index (χ2n) is 5.64. The summed E-state index contributed by atoms with van der Waals surface area (Å²) in [5.41, 5.74) is 2.77. The van der Waals surface area contributed by atoms with E-state index in [1.54, 1.807) is 7.11 Å². The quantitative estimate of drug-likeness (QED) is 0.483. The maximum absolute atomic E-state index is 12.1. The molecule has 3 aromatic rings. The van der Waals surface area contributed by atoms with Gasteiger partial charge in [-0.3, -0.25) is 14.7 Å². The summed E-state index contributed by atoms with van der Waals surface area (Å²) in [4.78, 5) is 28.3. The zero-order valence-electron chi connectivity index (χ0n) is 14.8. The zero-order chi connectivity index (χ0) is 19.1. The highest BCUT2D eigenvalue weighted by Crippen LogP contribution is 2.27. The molecule has 0 saturated carbocycles. The fraction of sp³-hybridized carbons (Fsp3) is 0.211. The van der Waals surface area contributed by atoms with E-state index in [0.29, 0.717) is 18.3 Å². The highest BCUT2D eigenvalue weighted by Gasteiger charge is 2.15. The molecule has 2 aromatic carbocycles. The maximum atomic E-state index is 12.1. The van der Waals surface area contributed by atoms with Gasteiger partial charge in [0, 0.05) is 19.3 Å². The first kappa shape index (κ1) is 18.9. The number of imide groups is 1. The molecule has 0 fully saturated rings. The fourth-order valence-electron chi connectivity index (χ4n) is 2.53. The number of carbonyl (C=O) groups excluding carboxylic acids is 2. The molecule has 8 heteroatoms. The molecule has 1 aromatic heterocycles. The number of nitrogens with zero attached hydrogens (tertiary/aromatic N) is 2. The maximum Gasteiger partial charge on any atom is 0.321 e. The van der Waals surface area contributed by atoms with Crippen LogP contribution in [0.4, 0.5) is 4.79 Å². The number of aromatic nitrogens is 2. The van der Waals surface area contributed by atoms with Gasteiger partial charge in [0.05, 0.1) is 23.4 Å². The van der Waals surface area contributed by atoms with Crippen molar-refractivity contribution in [3.8, 4) is 5.69 Å². The van der Waals surface area contributed by atoms with Crippen molar-refractivity contribution in [2.75, 3.05) is 26.0 Å². The summed E-state index contributed by atoms with van der Waals surface area (Å²) in [7, 11) is 1.54. The highest BCUT2D eigenvalue weighted by atomic mass is 32.2. The SMILES string of the molecule is COCCNC(=O)NC(=O)CSc1nc2ccccc2n1-c1ccccc1. The van der Waals surface area contributed by atoms with E-state index in [2.05, 4.69) is 15.6 Å². The summed E-state index contributed by atoms with van der Waals surface area (Å²) in [6, 6.07) is 17.1. The molecule has 0 bridgehead atoms. The van der Waals surface area contributed by atoms with E-state index in [1.807, 2.05) is 59.2 Å². The van der Waals surface area contributed by atoms with E-state index in [0.717, 1.165) is 16.7 Å². The highest BCUT2D eigenvalue weighted by molar-refractivity contribution is 7.99. The molecule has 3 rings (SSSR count). The number of imidazole rings is 1. The number of methoxy groups -OCH3 is 1. The van der Waals surface area contributed by atoms with Crippen molar-refractivity contribution in [1.82, 2.24) is 20.2 Å². The molecule has 3 amide bonds.